The number of carbonyl (C=O) groups is 1. The molecule has 0 radical (unpaired) electrons. The van der Waals surface area contributed by atoms with E-state index in [1.807, 2.05) is 31.3 Å². The average Bonchev–Trinajstić information content (AvgIpc) is 2.53. The van der Waals surface area contributed by atoms with Gasteiger partial charge in [0.25, 0.3) is 0 Å². The van der Waals surface area contributed by atoms with Crippen LogP contribution in [0.4, 0.5) is 0 Å². The summed E-state index contributed by atoms with van der Waals surface area (Å²) >= 11 is 0. The second-order valence-electron chi connectivity index (χ2n) is 5.65. The normalized spacial score (nSPS) is 15.0. The first-order valence-electron chi connectivity index (χ1n) is 7.95. The van der Waals surface area contributed by atoms with Crippen LogP contribution in [0, 0.1) is 0 Å². The highest BCUT2D eigenvalue weighted by atomic mass is 35.5. The molecule has 0 unspecified atom stereocenters. The second-order valence-corrected chi connectivity index (χ2v) is 5.65. The maximum atomic E-state index is 11.5. The van der Waals surface area contributed by atoms with Crippen molar-refractivity contribution in [2.75, 3.05) is 13.6 Å². The molecule has 5 heteroatoms. The highest BCUT2D eigenvalue weighted by Gasteiger charge is 2.14. The molecule has 0 aromatic heterocycles. The minimum Gasteiger partial charge on any atom is -0.490 e. The van der Waals surface area contributed by atoms with Gasteiger partial charge in [0.15, 0.2) is 0 Å². The molecule has 0 atom stereocenters. The molecule has 1 amide bonds. The van der Waals surface area contributed by atoms with Crippen molar-refractivity contribution in [3.8, 4) is 5.75 Å². The fraction of sp³-hybridized carbons (Fsp3) is 0.588. The molecule has 1 fully saturated rings. The minimum atomic E-state index is 0. The van der Waals surface area contributed by atoms with Crippen molar-refractivity contribution in [1.82, 2.24) is 10.6 Å². The number of benzene rings is 1. The van der Waals surface area contributed by atoms with E-state index < -0.39 is 0 Å². The van der Waals surface area contributed by atoms with Gasteiger partial charge in [-0.3, -0.25) is 4.79 Å². The van der Waals surface area contributed by atoms with E-state index in [1.54, 1.807) is 0 Å². The van der Waals surface area contributed by atoms with E-state index in [0.29, 0.717) is 25.6 Å². The molecule has 0 saturated heterocycles. The first-order chi connectivity index (χ1) is 10.3. The molecule has 124 valence electrons. The number of ether oxygens (including phenoxy) is 1. The summed E-state index contributed by atoms with van der Waals surface area (Å²) in [5.41, 5.74) is 1.10. The van der Waals surface area contributed by atoms with Gasteiger partial charge in [-0.1, -0.05) is 18.6 Å². The van der Waals surface area contributed by atoms with Gasteiger partial charge in [-0.2, -0.15) is 0 Å². The lowest BCUT2D eigenvalue weighted by Gasteiger charge is -2.23. The molecule has 2 rings (SSSR count). The van der Waals surface area contributed by atoms with Crippen molar-refractivity contribution in [2.24, 2.45) is 0 Å². The largest absolute Gasteiger partial charge is 0.490 e. The lowest BCUT2D eigenvalue weighted by atomic mass is 9.98. The first kappa shape index (κ1) is 18.8. The molecular formula is C17H27ClN2O2. The molecule has 1 aliphatic rings. The van der Waals surface area contributed by atoms with Gasteiger partial charge in [0.05, 0.1) is 6.10 Å². The molecule has 4 nitrogen and oxygen atoms in total. The summed E-state index contributed by atoms with van der Waals surface area (Å²) in [6, 6.07) is 8.06. The third-order valence-electron chi connectivity index (χ3n) is 3.87. The number of hydrogen-bond acceptors (Lipinski definition) is 3. The van der Waals surface area contributed by atoms with E-state index in [4.69, 9.17) is 4.74 Å². The molecule has 1 aliphatic carbocycles. The smallest absolute Gasteiger partial charge is 0.221 e. The summed E-state index contributed by atoms with van der Waals surface area (Å²) in [6.45, 7) is 1.28. The van der Waals surface area contributed by atoms with Crippen LogP contribution in [-0.2, 0) is 11.3 Å². The van der Waals surface area contributed by atoms with Crippen LogP contribution in [0.1, 0.15) is 44.1 Å². The van der Waals surface area contributed by atoms with Crippen molar-refractivity contribution in [3.05, 3.63) is 29.8 Å². The zero-order valence-corrected chi connectivity index (χ0v) is 14.1. The Kier molecular flexibility index (Phi) is 8.94. The predicted octanol–water partition coefficient (Wildman–Crippen LogP) is 3.05. The number of nitrogens with one attached hydrogen (secondary N) is 2. The summed E-state index contributed by atoms with van der Waals surface area (Å²) < 4.78 is 5.99. The SMILES string of the molecule is CNCCC(=O)NCc1ccc(OC2CCCCC2)cc1.Cl. The Bertz CT molecular complexity index is 431. The Balaban J connectivity index is 0.00000242. The Morgan fingerprint density at radius 2 is 1.86 bits per heavy atom. The standard InChI is InChI=1S/C17H26N2O2.ClH/c1-18-12-11-17(20)19-13-14-7-9-16(10-8-14)21-15-5-3-2-4-6-15;/h7-10,15,18H,2-6,11-13H2,1H3,(H,19,20);1H. The molecular weight excluding hydrogens is 300 g/mol. The van der Waals surface area contributed by atoms with Crippen LogP contribution >= 0.6 is 12.4 Å². The average molecular weight is 327 g/mol. The zero-order valence-electron chi connectivity index (χ0n) is 13.3. The van der Waals surface area contributed by atoms with E-state index >= 15 is 0 Å². The molecule has 0 aliphatic heterocycles. The van der Waals surface area contributed by atoms with Crippen molar-refractivity contribution in [2.45, 2.75) is 51.2 Å². The van der Waals surface area contributed by atoms with Crippen molar-refractivity contribution in [1.29, 1.82) is 0 Å². The quantitative estimate of drug-likeness (QED) is 0.809. The summed E-state index contributed by atoms with van der Waals surface area (Å²) in [4.78, 5) is 11.5. The van der Waals surface area contributed by atoms with Crippen LogP contribution in [0.3, 0.4) is 0 Å². The van der Waals surface area contributed by atoms with Crippen LogP contribution in [-0.4, -0.2) is 25.6 Å². The Morgan fingerprint density at radius 3 is 2.50 bits per heavy atom. The van der Waals surface area contributed by atoms with Gasteiger partial charge in [0.1, 0.15) is 5.75 Å². The molecule has 2 N–H and O–H groups in total. The van der Waals surface area contributed by atoms with Gasteiger partial charge in [-0.05, 0) is 50.4 Å². The summed E-state index contributed by atoms with van der Waals surface area (Å²) in [5, 5.41) is 5.88. The van der Waals surface area contributed by atoms with E-state index in [9.17, 15) is 4.79 Å². The topological polar surface area (TPSA) is 50.4 Å². The minimum absolute atomic E-state index is 0. The van der Waals surface area contributed by atoms with Gasteiger partial charge in [0, 0.05) is 19.5 Å². The first-order valence-corrected chi connectivity index (χ1v) is 7.95. The van der Waals surface area contributed by atoms with Gasteiger partial charge >= 0.3 is 0 Å². The molecule has 1 saturated carbocycles. The highest BCUT2D eigenvalue weighted by molar-refractivity contribution is 5.85. The van der Waals surface area contributed by atoms with Gasteiger partial charge in [-0.15, -0.1) is 12.4 Å². The van der Waals surface area contributed by atoms with Crippen LogP contribution in [0.15, 0.2) is 24.3 Å². The Hall–Kier alpha value is -1.26. The second kappa shape index (κ2) is 10.5. The third-order valence-corrected chi connectivity index (χ3v) is 3.87. The predicted molar refractivity (Wildman–Crippen MR) is 91.6 cm³/mol. The number of carbonyl (C=O) groups excluding carboxylic acids is 1. The maximum absolute atomic E-state index is 11.5. The lowest BCUT2D eigenvalue weighted by molar-refractivity contribution is -0.121. The molecule has 1 aromatic rings. The number of halogens is 1. The van der Waals surface area contributed by atoms with Gasteiger partial charge in [-0.25, -0.2) is 0 Å². The molecule has 22 heavy (non-hydrogen) atoms. The van der Waals surface area contributed by atoms with Crippen LogP contribution < -0.4 is 15.4 Å². The molecule has 0 spiro atoms. The van der Waals surface area contributed by atoms with Gasteiger partial charge < -0.3 is 15.4 Å². The number of rotatable bonds is 7. The maximum Gasteiger partial charge on any atom is 0.221 e. The number of amides is 1. The zero-order chi connectivity index (χ0) is 14.9. The fourth-order valence-corrected chi connectivity index (χ4v) is 2.59. The summed E-state index contributed by atoms with van der Waals surface area (Å²) in [7, 11) is 1.85. The molecule has 0 heterocycles. The van der Waals surface area contributed by atoms with Crippen LogP contribution in [0.5, 0.6) is 5.75 Å². The van der Waals surface area contributed by atoms with E-state index in [1.165, 1.54) is 32.1 Å². The van der Waals surface area contributed by atoms with E-state index in [-0.39, 0.29) is 18.3 Å². The van der Waals surface area contributed by atoms with Crippen LogP contribution in [0.2, 0.25) is 0 Å². The summed E-state index contributed by atoms with van der Waals surface area (Å²) in [6.07, 6.45) is 7.13. The Morgan fingerprint density at radius 1 is 1.18 bits per heavy atom. The van der Waals surface area contributed by atoms with Crippen molar-refractivity contribution >= 4 is 18.3 Å². The fourth-order valence-electron chi connectivity index (χ4n) is 2.59. The summed E-state index contributed by atoms with van der Waals surface area (Å²) in [5.74, 6) is 1.01. The monoisotopic (exact) mass is 326 g/mol. The van der Waals surface area contributed by atoms with E-state index in [0.717, 1.165) is 11.3 Å². The molecule has 0 bridgehead atoms. The van der Waals surface area contributed by atoms with Crippen LogP contribution in [0.25, 0.3) is 0 Å². The third kappa shape index (κ3) is 6.67. The lowest BCUT2D eigenvalue weighted by Crippen LogP contribution is -2.26. The van der Waals surface area contributed by atoms with Gasteiger partial charge in [0.2, 0.25) is 5.91 Å². The van der Waals surface area contributed by atoms with Crippen molar-refractivity contribution in [3.63, 3.8) is 0 Å². The Labute approximate surface area is 139 Å². The molecule has 1 aromatic carbocycles. The van der Waals surface area contributed by atoms with Crippen molar-refractivity contribution < 1.29 is 9.53 Å². The highest BCUT2D eigenvalue weighted by Crippen LogP contribution is 2.23. The van der Waals surface area contributed by atoms with E-state index in [2.05, 4.69) is 10.6 Å². The number of hydrogen-bond donors (Lipinski definition) is 2.